The SMILES string of the molecule is Nc1cc(OC2CC2)cnc1C(=O)O. The summed E-state index contributed by atoms with van der Waals surface area (Å²) in [6, 6.07) is 1.49. The van der Waals surface area contributed by atoms with Gasteiger partial charge < -0.3 is 15.6 Å². The Morgan fingerprint density at radius 3 is 2.86 bits per heavy atom. The van der Waals surface area contributed by atoms with Crippen molar-refractivity contribution in [1.29, 1.82) is 0 Å². The first kappa shape index (κ1) is 8.80. The molecule has 1 aliphatic carbocycles. The lowest BCUT2D eigenvalue weighted by molar-refractivity contribution is 0.0691. The summed E-state index contributed by atoms with van der Waals surface area (Å²) in [4.78, 5) is 14.3. The summed E-state index contributed by atoms with van der Waals surface area (Å²) < 4.78 is 5.41. The van der Waals surface area contributed by atoms with E-state index < -0.39 is 5.97 Å². The van der Waals surface area contributed by atoms with Crippen molar-refractivity contribution in [1.82, 2.24) is 4.98 Å². The van der Waals surface area contributed by atoms with Gasteiger partial charge in [-0.1, -0.05) is 0 Å². The minimum Gasteiger partial charge on any atom is -0.489 e. The van der Waals surface area contributed by atoms with E-state index in [1.807, 2.05) is 0 Å². The Balaban J connectivity index is 2.20. The number of pyridine rings is 1. The molecule has 0 unspecified atom stereocenters. The minimum absolute atomic E-state index is 0.131. The number of ether oxygens (including phenoxy) is 1. The van der Waals surface area contributed by atoms with Crippen molar-refractivity contribution in [2.75, 3.05) is 5.73 Å². The summed E-state index contributed by atoms with van der Waals surface area (Å²) in [5.41, 5.74) is 5.50. The van der Waals surface area contributed by atoms with Gasteiger partial charge in [-0.2, -0.15) is 0 Å². The van der Waals surface area contributed by atoms with Crippen LogP contribution in [0.3, 0.4) is 0 Å². The van der Waals surface area contributed by atoms with Gasteiger partial charge in [0.2, 0.25) is 0 Å². The molecule has 0 bridgehead atoms. The van der Waals surface area contributed by atoms with E-state index in [2.05, 4.69) is 4.98 Å². The van der Waals surface area contributed by atoms with E-state index in [-0.39, 0.29) is 17.5 Å². The van der Waals surface area contributed by atoms with Crippen LogP contribution in [0.5, 0.6) is 5.75 Å². The average molecular weight is 194 g/mol. The number of carboxylic acids is 1. The third-order valence-electron chi connectivity index (χ3n) is 1.92. The van der Waals surface area contributed by atoms with Crippen molar-refractivity contribution in [3.05, 3.63) is 18.0 Å². The second kappa shape index (κ2) is 3.17. The van der Waals surface area contributed by atoms with Crippen molar-refractivity contribution < 1.29 is 14.6 Å². The van der Waals surface area contributed by atoms with Gasteiger partial charge in [-0.15, -0.1) is 0 Å². The van der Waals surface area contributed by atoms with Gasteiger partial charge in [-0.25, -0.2) is 9.78 Å². The summed E-state index contributed by atoms with van der Waals surface area (Å²) in [5.74, 6) is -0.588. The lowest BCUT2D eigenvalue weighted by Crippen LogP contribution is -2.06. The normalized spacial score (nSPS) is 15.1. The number of aromatic carboxylic acids is 1. The van der Waals surface area contributed by atoms with Gasteiger partial charge >= 0.3 is 5.97 Å². The lowest BCUT2D eigenvalue weighted by atomic mass is 10.3. The third-order valence-corrected chi connectivity index (χ3v) is 1.92. The molecule has 1 fully saturated rings. The predicted molar refractivity (Wildman–Crippen MR) is 49.3 cm³/mol. The first-order valence-electron chi connectivity index (χ1n) is 4.32. The molecule has 1 aromatic heterocycles. The predicted octanol–water partition coefficient (Wildman–Crippen LogP) is 0.903. The Bertz CT molecular complexity index is 374. The second-order valence-corrected chi connectivity index (χ2v) is 3.23. The number of hydrogen-bond donors (Lipinski definition) is 2. The smallest absolute Gasteiger partial charge is 0.356 e. The number of hydrogen-bond acceptors (Lipinski definition) is 4. The molecule has 1 saturated carbocycles. The number of nitrogen functional groups attached to an aromatic ring is 1. The van der Waals surface area contributed by atoms with Gasteiger partial charge in [0.05, 0.1) is 18.0 Å². The maximum atomic E-state index is 10.6. The molecule has 0 aromatic carbocycles. The molecule has 0 saturated heterocycles. The van der Waals surface area contributed by atoms with Crippen LogP contribution in [0.4, 0.5) is 5.69 Å². The molecule has 0 radical (unpaired) electrons. The monoisotopic (exact) mass is 194 g/mol. The first-order valence-corrected chi connectivity index (χ1v) is 4.32. The third kappa shape index (κ3) is 1.76. The zero-order valence-electron chi connectivity index (χ0n) is 7.43. The minimum atomic E-state index is -1.12. The standard InChI is InChI=1S/C9H10N2O3/c10-7-3-6(14-5-1-2-5)4-11-8(7)9(12)13/h3-5H,1-2,10H2,(H,12,13). The van der Waals surface area contributed by atoms with Crippen molar-refractivity contribution in [2.45, 2.75) is 18.9 Å². The fourth-order valence-electron chi connectivity index (χ4n) is 1.08. The molecular weight excluding hydrogens is 184 g/mol. The van der Waals surface area contributed by atoms with Gasteiger partial charge in [0.25, 0.3) is 0 Å². The van der Waals surface area contributed by atoms with Crippen LogP contribution in [0.1, 0.15) is 23.3 Å². The van der Waals surface area contributed by atoms with Crippen LogP contribution in [0.25, 0.3) is 0 Å². The summed E-state index contributed by atoms with van der Waals surface area (Å²) in [5, 5.41) is 8.67. The molecule has 1 aliphatic rings. The van der Waals surface area contributed by atoms with Gasteiger partial charge in [-0.3, -0.25) is 0 Å². The van der Waals surface area contributed by atoms with E-state index in [0.29, 0.717) is 5.75 Å². The molecule has 0 spiro atoms. The molecule has 5 heteroatoms. The van der Waals surface area contributed by atoms with Crippen LogP contribution in [0, 0.1) is 0 Å². The number of rotatable bonds is 3. The van der Waals surface area contributed by atoms with Gasteiger partial charge in [0, 0.05) is 6.07 Å². The maximum absolute atomic E-state index is 10.6. The van der Waals surface area contributed by atoms with E-state index >= 15 is 0 Å². The van der Waals surface area contributed by atoms with Crippen molar-refractivity contribution in [2.24, 2.45) is 0 Å². The van der Waals surface area contributed by atoms with Gasteiger partial charge in [-0.05, 0) is 12.8 Å². The van der Waals surface area contributed by atoms with Gasteiger partial charge in [0.1, 0.15) is 5.75 Å². The Morgan fingerprint density at radius 1 is 1.64 bits per heavy atom. The first-order chi connectivity index (χ1) is 6.66. The molecule has 0 amide bonds. The summed E-state index contributed by atoms with van der Waals surface area (Å²) in [6.07, 6.45) is 3.73. The summed E-state index contributed by atoms with van der Waals surface area (Å²) >= 11 is 0. The van der Waals surface area contributed by atoms with Crippen LogP contribution < -0.4 is 10.5 Å². The van der Waals surface area contributed by atoms with E-state index in [9.17, 15) is 4.79 Å². The number of anilines is 1. The largest absolute Gasteiger partial charge is 0.489 e. The molecular formula is C9H10N2O3. The average Bonchev–Trinajstić information content (AvgIpc) is 2.87. The van der Waals surface area contributed by atoms with Crippen LogP contribution in [0.15, 0.2) is 12.3 Å². The Kier molecular flexibility index (Phi) is 1.99. The van der Waals surface area contributed by atoms with E-state index in [1.165, 1.54) is 12.3 Å². The second-order valence-electron chi connectivity index (χ2n) is 3.23. The topological polar surface area (TPSA) is 85.4 Å². The van der Waals surface area contributed by atoms with Crippen LogP contribution in [0.2, 0.25) is 0 Å². The zero-order chi connectivity index (χ0) is 10.1. The van der Waals surface area contributed by atoms with E-state index in [4.69, 9.17) is 15.6 Å². The number of carbonyl (C=O) groups is 1. The highest BCUT2D eigenvalue weighted by atomic mass is 16.5. The number of nitrogens with zero attached hydrogens (tertiary/aromatic N) is 1. The van der Waals surface area contributed by atoms with E-state index in [0.717, 1.165) is 12.8 Å². The van der Waals surface area contributed by atoms with Crippen molar-refractivity contribution >= 4 is 11.7 Å². The molecule has 0 atom stereocenters. The van der Waals surface area contributed by atoms with Crippen LogP contribution in [-0.4, -0.2) is 22.2 Å². The van der Waals surface area contributed by atoms with Crippen LogP contribution >= 0.6 is 0 Å². The number of aromatic nitrogens is 1. The van der Waals surface area contributed by atoms with E-state index in [1.54, 1.807) is 0 Å². The molecule has 5 nitrogen and oxygen atoms in total. The van der Waals surface area contributed by atoms with Crippen molar-refractivity contribution in [3.63, 3.8) is 0 Å². The number of nitrogens with two attached hydrogens (primary N) is 1. The molecule has 74 valence electrons. The molecule has 2 rings (SSSR count). The molecule has 1 aromatic rings. The molecule has 1 heterocycles. The van der Waals surface area contributed by atoms with Crippen LogP contribution in [-0.2, 0) is 0 Å². The summed E-state index contributed by atoms with van der Waals surface area (Å²) in [6.45, 7) is 0. The Morgan fingerprint density at radius 2 is 2.36 bits per heavy atom. The molecule has 3 N–H and O–H groups in total. The Hall–Kier alpha value is -1.78. The number of carboxylic acid groups (broad SMARTS) is 1. The zero-order valence-corrected chi connectivity index (χ0v) is 7.43. The fourth-order valence-corrected chi connectivity index (χ4v) is 1.08. The highest BCUT2D eigenvalue weighted by Gasteiger charge is 2.24. The fraction of sp³-hybridized carbons (Fsp3) is 0.333. The van der Waals surface area contributed by atoms with Crippen molar-refractivity contribution in [3.8, 4) is 5.75 Å². The van der Waals surface area contributed by atoms with Gasteiger partial charge in [0.15, 0.2) is 5.69 Å². The highest BCUT2D eigenvalue weighted by Crippen LogP contribution is 2.27. The molecule has 0 aliphatic heterocycles. The lowest BCUT2D eigenvalue weighted by Gasteiger charge is -2.05. The highest BCUT2D eigenvalue weighted by molar-refractivity contribution is 5.91. The Labute approximate surface area is 80.5 Å². The summed E-state index contributed by atoms with van der Waals surface area (Å²) in [7, 11) is 0. The quantitative estimate of drug-likeness (QED) is 0.746. The molecule has 14 heavy (non-hydrogen) atoms. The maximum Gasteiger partial charge on any atom is 0.356 e.